The van der Waals surface area contributed by atoms with Gasteiger partial charge in [0.05, 0.1) is 7.11 Å². The maximum absolute atomic E-state index is 6.42. The lowest BCUT2D eigenvalue weighted by atomic mass is 9.85. The molecular weight excluding hydrogens is 248 g/mol. The summed E-state index contributed by atoms with van der Waals surface area (Å²) in [6.45, 7) is 2.21. The van der Waals surface area contributed by atoms with Gasteiger partial charge in [0, 0.05) is 18.6 Å². The molecular formula is C17H26N2O. The number of methoxy groups -OCH3 is 1. The largest absolute Gasteiger partial charge is 0.497 e. The topological polar surface area (TPSA) is 38.5 Å². The fraction of sp³-hybridized carbons (Fsp3) is 0.647. The molecule has 110 valence electrons. The van der Waals surface area contributed by atoms with Crippen LogP contribution in [0.5, 0.6) is 5.75 Å². The van der Waals surface area contributed by atoms with Gasteiger partial charge in [-0.05, 0) is 49.4 Å². The van der Waals surface area contributed by atoms with Crippen molar-refractivity contribution in [3.8, 4) is 5.75 Å². The minimum Gasteiger partial charge on any atom is -0.497 e. The average molecular weight is 274 g/mol. The summed E-state index contributed by atoms with van der Waals surface area (Å²) >= 11 is 0. The van der Waals surface area contributed by atoms with Crippen molar-refractivity contribution in [1.29, 1.82) is 0 Å². The van der Waals surface area contributed by atoms with Gasteiger partial charge in [-0.2, -0.15) is 0 Å². The van der Waals surface area contributed by atoms with Crippen LogP contribution in [0.3, 0.4) is 0 Å². The number of rotatable bonds is 4. The normalized spacial score (nSPS) is 28.1. The summed E-state index contributed by atoms with van der Waals surface area (Å²) < 4.78 is 5.29. The highest BCUT2D eigenvalue weighted by molar-refractivity contribution is 5.30. The number of benzene rings is 1. The maximum atomic E-state index is 6.42. The van der Waals surface area contributed by atoms with Gasteiger partial charge in [0.15, 0.2) is 0 Å². The molecule has 3 heteroatoms. The lowest BCUT2D eigenvalue weighted by Crippen LogP contribution is -2.39. The van der Waals surface area contributed by atoms with E-state index in [4.69, 9.17) is 10.5 Å². The van der Waals surface area contributed by atoms with E-state index in [0.29, 0.717) is 0 Å². The molecule has 1 aliphatic heterocycles. The van der Waals surface area contributed by atoms with Gasteiger partial charge in [-0.1, -0.05) is 25.0 Å². The number of fused-ring (bicyclic) bond motifs is 1. The van der Waals surface area contributed by atoms with Crippen molar-refractivity contribution < 1.29 is 4.74 Å². The summed E-state index contributed by atoms with van der Waals surface area (Å²) in [5.74, 6) is 1.83. The molecule has 2 fully saturated rings. The molecule has 1 heterocycles. The first-order valence-corrected chi connectivity index (χ1v) is 7.91. The summed E-state index contributed by atoms with van der Waals surface area (Å²) in [6, 6.07) is 9.07. The second-order valence-electron chi connectivity index (χ2n) is 6.28. The highest BCUT2D eigenvalue weighted by Crippen LogP contribution is 2.36. The first kappa shape index (κ1) is 13.9. The molecule has 0 aromatic heterocycles. The Morgan fingerprint density at radius 2 is 2.15 bits per heavy atom. The Morgan fingerprint density at radius 3 is 3.00 bits per heavy atom. The van der Waals surface area contributed by atoms with Crippen molar-refractivity contribution in [2.75, 3.05) is 20.2 Å². The van der Waals surface area contributed by atoms with Crippen LogP contribution in [0.25, 0.3) is 0 Å². The van der Waals surface area contributed by atoms with Crippen LogP contribution < -0.4 is 10.5 Å². The molecule has 0 radical (unpaired) electrons. The molecule has 1 aliphatic carbocycles. The third-order valence-electron chi connectivity index (χ3n) is 5.08. The van der Waals surface area contributed by atoms with Gasteiger partial charge in [0.2, 0.25) is 0 Å². The molecule has 3 unspecified atom stereocenters. The molecule has 0 amide bonds. The Balaban J connectivity index is 1.64. The number of hydrogen-bond acceptors (Lipinski definition) is 3. The third kappa shape index (κ3) is 2.84. The van der Waals surface area contributed by atoms with E-state index in [1.807, 2.05) is 12.1 Å². The van der Waals surface area contributed by atoms with E-state index in [2.05, 4.69) is 17.0 Å². The maximum Gasteiger partial charge on any atom is 0.119 e. The molecule has 1 saturated carbocycles. The standard InChI is InChI=1S/C17H26N2O/c1-20-15-7-4-6-14(11-15)16(18)12-19-10-9-13-5-2-3-8-17(13)19/h4,6-7,11,13,16-17H,2-3,5,8-10,12,18H2,1H3. The Hall–Kier alpha value is -1.06. The zero-order chi connectivity index (χ0) is 13.9. The number of nitrogens with two attached hydrogens (primary N) is 1. The quantitative estimate of drug-likeness (QED) is 0.917. The first-order chi connectivity index (χ1) is 9.78. The van der Waals surface area contributed by atoms with Gasteiger partial charge in [-0.3, -0.25) is 4.90 Å². The van der Waals surface area contributed by atoms with Crippen molar-refractivity contribution in [2.45, 2.75) is 44.2 Å². The molecule has 1 aromatic rings. The fourth-order valence-electron chi connectivity index (χ4n) is 3.96. The zero-order valence-electron chi connectivity index (χ0n) is 12.4. The van der Waals surface area contributed by atoms with Gasteiger partial charge < -0.3 is 10.5 Å². The number of likely N-dealkylation sites (tertiary alicyclic amines) is 1. The van der Waals surface area contributed by atoms with Crippen molar-refractivity contribution >= 4 is 0 Å². The van der Waals surface area contributed by atoms with E-state index < -0.39 is 0 Å². The summed E-state index contributed by atoms with van der Waals surface area (Å²) in [4.78, 5) is 2.63. The van der Waals surface area contributed by atoms with Crippen LogP contribution in [0.2, 0.25) is 0 Å². The van der Waals surface area contributed by atoms with Gasteiger partial charge in [-0.15, -0.1) is 0 Å². The first-order valence-electron chi connectivity index (χ1n) is 7.91. The molecule has 3 rings (SSSR count). The average Bonchev–Trinajstić information content (AvgIpc) is 2.90. The van der Waals surface area contributed by atoms with Gasteiger partial charge in [-0.25, -0.2) is 0 Å². The molecule has 3 nitrogen and oxygen atoms in total. The Morgan fingerprint density at radius 1 is 1.30 bits per heavy atom. The number of hydrogen-bond donors (Lipinski definition) is 1. The summed E-state index contributed by atoms with van der Waals surface area (Å²) in [5.41, 5.74) is 7.61. The molecule has 0 spiro atoms. The Bertz CT molecular complexity index is 448. The fourth-order valence-corrected chi connectivity index (χ4v) is 3.96. The molecule has 20 heavy (non-hydrogen) atoms. The Kier molecular flexibility index (Phi) is 4.27. The van der Waals surface area contributed by atoms with E-state index in [9.17, 15) is 0 Å². The van der Waals surface area contributed by atoms with Crippen LogP contribution in [0.15, 0.2) is 24.3 Å². The van der Waals surface area contributed by atoms with E-state index in [1.165, 1.54) is 44.2 Å². The zero-order valence-corrected chi connectivity index (χ0v) is 12.4. The van der Waals surface area contributed by atoms with Crippen molar-refractivity contribution in [3.63, 3.8) is 0 Å². The minimum atomic E-state index is 0.0887. The molecule has 2 N–H and O–H groups in total. The van der Waals surface area contributed by atoms with Crippen LogP contribution in [0, 0.1) is 5.92 Å². The number of ether oxygens (including phenoxy) is 1. The minimum absolute atomic E-state index is 0.0887. The molecule has 0 bridgehead atoms. The second kappa shape index (κ2) is 6.15. The number of nitrogens with zero attached hydrogens (tertiary/aromatic N) is 1. The van der Waals surface area contributed by atoms with Crippen molar-refractivity contribution in [3.05, 3.63) is 29.8 Å². The highest BCUT2D eigenvalue weighted by Gasteiger charge is 2.36. The molecule has 3 atom stereocenters. The van der Waals surface area contributed by atoms with Crippen LogP contribution in [-0.2, 0) is 0 Å². The molecule has 1 aromatic carbocycles. The van der Waals surface area contributed by atoms with Crippen LogP contribution in [-0.4, -0.2) is 31.1 Å². The summed E-state index contributed by atoms with van der Waals surface area (Å²) in [7, 11) is 1.71. The van der Waals surface area contributed by atoms with E-state index in [-0.39, 0.29) is 6.04 Å². The van der Waals surface area contributed by atoms with Crippen LogP contribution in [0.1, 0.15) is 43.7 Å². The second-order valence-corrected chi connectivity index (χ2v) is 6.28. The SMILES string of the molecule is COc1cccc(C(N)CN2CCC3CCCCC32)c1. The molecule has 2 aliphatic rings. The lowest BCUT2D eigenvalue weighted by molar-refractivity contribution is 0.174. The van der Waals surface area contributed by atoms with Crippen LogP contribution >= 0.6 is 0 Å². The van der Waals surface area contributed by atoms with E-state index in [0.717, 1.165) is 24.3 Å². The Labute approximate surface area is 122 Å². The summed E-state index contributed by atoms with van der Waals surface area (Å²) in [5, 5.41) is 0. The predicted octanol–water partition coefficient (Wildman–Crippen LogP) is 2.96. The van der Waals surface area contributed by atoms with Gasteiger partial charge in [0.25, 0.3) is 0 Å². The van der Waals surface area contributed by atoms with Crippen LogP contribution in [0.4, 0.5) is 0 Å². The monoisotopic (exact) mass is 274 g/mol. The highest BCUT2D eigenvalue weighted by atomic mass is 16.5. The lowest BCUT2D eigenvalue weighted by Gasteiger charge is -2.33. The smallest absolute Gasteiger partial charge is 0.119 e. The predicted molar refractivity (Wildman–Crippen MR) is 81.9 cm³/mol. The van der Waals surface area contributed by atoms with E-state index in [1.54, 1.807) is 7.11 Å². The van der Waals surface area contributed by atoms with Crippen molar-refractivity contribution in [2.24, 2.45) is 11.7 Å². The molecule has 1 saturated heterocycles. The van der Waals surface area contributed by atoms with E-state index >= 15 is 0 Å². The van der Waals surface area contributed by atoms with Gasteiger partial charge >= 0.3 is 0 Å². The van der Waals surface area contributed by atoms with Crippen molar-refractivity contribution in [1.82, 2.24) is 4.90 Å². The summed E-state index contributed by atoms with van der Waals surface area (Å²) in [6.07, 6.45) is 6.99. The third-order valence-corrected chi connectivity index (χ3v) is 5.08. The van der Waals surface area contributed by atoms with Gasteiger partial charge in [0.1, 0.15) is 5.75 Å².